The fraction of sp³-hybridized carbons (Fsp3) is 0. The Morgan fingerprint density at radius 2 is 1.06 bits per heavy atom. The van der Waals surface area contributed by atoms with Gasteiger partial charge >= 0.3 is 0 Å². The van der Waals surface area contributed by atoms with Gasteiger partial charge in [-0.1, -0.05) is 121 Å². The quantitative estimate of drug-likeness (QED) is 0.181. The first kappa shape index (κ1) is 29.6. The number of anilines is 3. The molecule has 3 heteroatoms. The van der Waals surface area contributed by atoms with E-state index in [1.54, 1.807) is 0 Å². The second-order valence-electron chi connectivity index (χ2n) is 13.8. The van der Waals surface area contributed by atoms with Crippen LogP contribution in [-0.4, -0.2) is 4.57 Å². The van der Waals surface area contributed by atoms with Gasteiger partial charge < -0.3 is 13.9 Å². The lowest BCUT2D eigenvalue weighted by Crippen LogP contribution is -2.10. The molecule has 9 aromatic carbocycles. The van der Waals surface area contributed by atoms with Crippen molar-refractivity contribution in [2.75, 3.05) is 4.90 Å². The summed E-state index contributed by atoms with van der Waals surface area (Å²) in [6.07, 6.45) is 0. The minimum absolute atomic E-state index is 0.859. The van der Waals surface area contributed by atoms with Gasteiger partial charge in [0, 0.05) is 44.7 Å². The molecule has 0 aliphatic carbocycles. The third-order valence-electron chi connectivity index (χ3n) is 10.7. The first-order valence-electron chi connectivity index (χ1n) is 18.1. The Bertz CT molecular complexity index is 3170. The number of hydrogen-bond donors (Lipinski definition) is 0. The Morgan fingerprint density at radius 3 is 1.91 bits per heavy atom. The third kappa shape index (κ3) is 4.68. The van der Waals surface area contributed by atoms with Crippen LogP contribution in [0.2, 0.25) is 0 Å². The average Bonchev–Trinajstić information content (AvgIpc) is 3.77. The lowest BCUT2D eigenvalue weighted by atomic mass is 9.94. The summed E-state index contributed by atoms with van der Waals surface area (Å²) in [6, 6.07) is 69.7. The molecule has 0 saturated heterocycles. The monoisotopic (exact) mass is 676 g/mol. The zero-order valence-electron chi connectivity index (χ0n) is 28.8. The SMILES string of the molecule is c1ccc(N(c2ccc3ccccc3c2)c2cc(-c3ccc4c(c3)c3ccccc3n4-c3ccccc3)c3c(c2)oc2ccc4ccccc4c23)cc1. The van der Waals surface area contributed by atoms with Crippen LogP contribution in [0.25, 0.3) is 82.1 Å². The molecule has 0 aliphatic rings. The molecule has 0 N–H and O–H groups in total. The smallest absolute Gasteiger partial charge is 0.138 e. The van der Waals surface area contributed by atoms with Crippen LogP contribution in [-0.2, 0) is 0 Å². The summed E-state index contributed by atoms with van der Waals surface area (Å²) >= 11 is 0. The fourth-order valence-electron chi connectivity index (χ4n) is 8.34. The number of furan rings is 1. The van der Waals surface area contributed by atoms with Crippen molar-refractivity contribution in [3.8, 4) is 16.8 Å². The molecule has 0 amide bonds. The van der Waals surface area contributed by atoms with Crippen molar-refractivity contribution in [1.29, 1.82) is 0 Å². The number of nitrogens with zero attached hydrogens (tertiary/aromatic N) is 2. The maximum Gasteiger partial charge on any atom is 0.138 e. The number of rotatable bonds is 5. The van der Waals surface area contributed by atoms with Crippen LogP contribution < -0.4 is 4.90 Å². The van der Waals surface area contributed by atoms with E-state index in [9.17, 15) is 0 Å². The summed E-state index contributed by atoms with van der Waals surface area (Å²) in [6.45, 7) is 0. The summed E-state index contributed by atoms with van der Waals surface area (Å²) in [5, 5.41) is 9.50. The highest BCUT2D eigenvalue weighted by Gasteiger charge is 2.22. The maximum absolute atomic E-state index is 6.84. The second-order valence-corrected chi connectivity index (χ2v) is 13.8. The Kier molecular flexibility index (Phi) is 6.55. The number of hydrogen-bond acceptors (Lipinski definition) is 2. The maximum atomic E-state index is 6.84. The molecular weight excluding hydrogens is 645 g/mol. The first-order chi connectivity index (χ1) is 26.3. The topological polar surface area (TPSA) is 21.3 Å². The van der Waals surface area contributed by atoms with Gasteiger partial charge in [-0.2, -0.15) is 0 Å². The van der Waals surface area contributed by atoms with Crippen LogP contribution in [0.4, 0.5) is 17.1 Å². The van der Waals surface area contributed by atoms with E-state index in [0.717, 1.165) is 55.8 Å². The normalized spacial score (nSPS) is 11.8. The molecule has 11 rings (SSSR count). The minimum atomic E-state index is 0.859. The van der Waals surface area contributed by atoms with Gasteiger partial charge in [-0.15, -0.1) is 0 Å². The van der Waals surface area contributed by atoms with E-state index in [4.69, 9.17) is 4.42 Å². The molecule has 0 radical (unpaired) electrons. The van der Waals surface area contributed by atoms with Gasteiger partial charge in [-0.05, 0) is 99.4 Å². The van der Waals surface area contributed by atoms with Crippen molar-refractivity contribution in [3.05, 3.63) is 194 Å². The zero-order valence-corrected chi connectivity index (χ0v) is 28.8. The summed E-state index contributed by atoms with van der Waals surface area (Å²) in [4.78, 5) is 2.35. The van der Waals surface area contributed by atoms with E-state index in [0.29, 0.717) is 0 Å². The Labute approximate surface area is 306 Å². The van der Waals surface area contributed by atoms with Crippen LogP contribution in [0.5, 0.6) is 0 Å². The molecule has 2 heterocycles. The van der Waals surface area contributed by atoms with Gasteiger partial charge in [0.15, 0.2) is 0 Å². The molecule has 2 aromatic heterocycles. The molecule has 0 saturated carbocycles. The second kappa shape index (κ2) is 11.7. The highest BCUT2D eigenvalue weighted by atomic mass is 16.3. The highest BCUT2D eigenvalue weighted by molar-refractivity contribution is 6.24. The van der Waals surface area contributed by atoms with Gasteiger partial charge in [0.05, 0.1) is 16.7 Å². The van der Waals surface area contributed by atoms with Gasteiger partial charge in [-0.3, -0.25) is 0 Å². The van der Waals surface area contributed by atoms with E-state index < -0.39 is 0 Å². The largest absolute Gasteiger partial charge is 0.456 e. The zero-order chi connectivity index (χ0) is 34.9. The molecule has 11 aromatic rings. The van der Waals surface area contributed by atoms with Crippen LogP contribution in [0.1, 0.15) is 0 Å². The third-order valence-corrected chi connectivity index (χ3v) is 10.7. The molecule has 53 heavy (non-hydrogen) atoms. The van der Waals surface area contributed by atoms with E-state index in [1.165, 1.54) is 43.4 Å². The van der Waals surface area contributed by atoms with Crippen LogP contribution in [0, 0.1) is 0 Å². The average molecular weight is 677 g/mol. The molecule has 0 aliphatic heterocycles. The number of benzene rings is 9. The molecule has 248 valence electrons. The number of aromatic nitrogens is 1. The number of para-hydroxylation sites is 3. The van der Waals surface area contributed by atoms with E-state index >= 15 is 0 Å². The van der Waals surface area contributed by atoms with E-state index in [2.05, 4.69) is 204 Å². The summed E-state index contributed by atoms with van der Waals surface area (Å²) in [7, 11) is 0. The van der Waals surface area contributed by atoms with Crippen molar-refractivity contribution >= 4 is 82.4 Å². The van der Waals surface area contributed by atoms with E-state index in [1.807, 2.05) is 0 Å². The van der Waals surface area contributed by atoms with Gasteiger partial charge in [0.25, 0.3) is 0 Å². The molecule has 0 spiro atoms. The predicted octanol–water partition coefficient (Wildman–Crippen LogP) is 14.1. The van der Waals surface area contributed by atoms with Crippen molar-refractivity contribution in [2.45, 2.75) is 0 Å². The van der Waals surface area contributed by atoms with Gasteiger partial charge in [0.1, 0.15) is 11.2 Å². The summed E-state index contributed by atoms with van der Waals surface area (Å²) in [5.74, 6) is 0. The molecule has 0 unspecified atom stereocenters. The van der Waals surface area contributed by atoms with Crippen molar-refractivity contribution < 1.29 is 4.42 Å². The predicted molar refractivity (Wildman–Crippen MR) is 223 cm³/mol. The lowest BCUT2D eigenvalue weighted by molar-refractivity contribution is 0.669. The first-order valence-corrected chi connectivity index (χ1v) is 18.1. The minimum Gasteiger partial charge on any atom is -0.456 e. The highest BCUT2D eigenvalue weighted by Crippen LogP contribution is 2.46. The van der Waals surface area contributed by atoms with Crippen LogP contribution in [0.15, 0.2) is 199 Å². The molecule has 0 fully saturated rings. The van der Waals surface area contributed by atoms with Crippen molar-refractivity contribution in [2.24, 2.45) is 0 Å². The molecule has 3 nitrogen and oxygen atoms in total. The molecular formula is C50H32N2O. The Hall–Kier alpha value is -7.10. The van der Waals surface area contributed by atoms with Crippen molar-refractivity contribution in [3.63, 3.8) is 0 Å². The van der Waals surface area contributed by atoms with Crippen LogP contribution >= 0.6 is 0 Å². The van der Waals surface area contributed by atoms with Gasteiger partial charge in [0.2, 0.25) is 0 Å². The summed E-state index contributed by atoms with van der Waals surface area (Å²) in [5.41, 5.74) is 10.7. The molecule has 0 bridgehead atoms. The lowest BCUT2D eigenvalue weighted by Gasteiger charge is -2.26. The Morgan fingerprint density at radius 1 is 0.377 bits per heavy atom. The van der Waals surface area contributed by atoms with E-state index in [-0.39, 0.29) is 0 Å². The summed E-state index contributed by atoms with van der Waals surface area (Å²) < 4.78 is 9.22. The van der Waals surface area contributed by atoms with Crippen LogP contribution in [0.3, 0.4) is 0 Å². The van der Waals surface area contributed by atoms with Crippen molar-refractivity contribution in [1.82, 2.24) is 4.57 Å². The standard InChI is InChI=1S/C50H32N2O/c1-3-16-37(17-4-1)51(39-26-23-33-13-7-8-15-35(33)29-39)40-31-43(50-48(32-40)53-47-28-25-34-14-9-10-20-41(34)49(47)50)36-24-27-46-44(30-36)42-21-11-12-22-45(42)52(46)38-18-5-2-6-19-38/h1-32H. The molecule has 0 atom stereocenters. The van der Waals surface area contributed by atoms with Gasteiger partial charge in [-0.25, -0.2) is 0 Å². The fourth-order valence-corrected chi connectivity index (χ4v) is 8.34. The number of fused-ring (bicyclic) bond motifs is 9. The Balaban J connectivity index is 1.23.